The van der Waals surface area contributed by atoms with Crippen molar-refractivity contribution in [3.05, 3.63) is 0 Å². The zero-order valence-corrected chi connectivity index (χ0v) is 24.9. The molecule has 0 spiro atoms. The zero-order chi connectivity index (χ0) is 29.1. The Morgan fingerprint density at radius 1 is 0.622 bits per heavy atom. The quantitative estimate of drug-likeness (QED) is 0.134. The highest BCUT2D eigenvalue weighted by molar-refractivity contribution is 5.94. The molecule has 0 heterocycles. The summed E-state index contributed by atoms with van der Waals surface area (Å²) in [4.78, 5) is 40.1. The number of aliphatic carboxylic acids is 3. The molecule has 0 aromatic heterocycles. The second kappa shape index (κ2) is 15.7. The van der Waals surface area contributed by atoms with E-state index in [2.05, 4.69) is 0 Å². The number of hydrogen-bond acceptors (Lipinski definition) is 4. The molecule has 0 aromatic carbocycles. The summed E-state index contributed by atoms with van der Waals surface area (Å²) in [5, 5.41) is 45.2. The summed E-state index contributed by atoms with van der Waals surface area (Å²) in [6, 6.07) is 0. The van der Waals surface area contributed by atoms with Crippen LogP contribution in [0.3, 0.4) is 0 Å². The molecule has 0 aliphatic rings. The predicted molar refractivity (Wildman–Crippen MR) is 147 cm³/mol. The summed E-state index contributed by atoms with van der Waals surface area (Å²) in [6.07, 6.45) is 5.52. The van der Waals surface area contributed by atoms with E-state index in [1.165, 1.54) is 0 Å². The summed E-state index contributed by atoms with van der Waals surface area (Å²) < 4.78 is 0. The maximum atomic E-state index is 13.7. The second-order valence-electron chi connectivity index (χ2n) is 12.1. The lowest BCUT2D eigenvalue weighted by Crippen LogP contribution is -2.72. The van der Waals surface area contributed by atoms with Crippen LogP contribution in [-0.4, -0.2) is 43.9 Å². The topological polar surface area (TPSA) is 132 Å². The molecule has 0 bridgehead atoms. The number of carbonyl (C=O) groups is 3. The van der Waals surface area contributed by atoms with Gasteiger partial charge in [-0.15, -0.1) is 0 Å². The highest BCUT2D eigenvalue weighted by Gasteiger charge is 2.73. The van der Waals surface area contributed by atoms with Crippen molar-refractivity contribution in [2.75, 3.05) is 0 Å². The first-order chi connectivity index (χ1) is 17.1. The molecule has 0 amide bonds. The van der Waals surface area contributed by atoms with Gasteiger partial charge in [0.25, 0.3) is 0 Å². The average molecular weight is 529 g/mol. The molecule has 4 N–H and O–H groups in total. The first-order valence-corrected chi connectivity index (χ1v) is 14.6. The van der Waals surface area contributed by atoms with Gasteiger partial charge in [-0.1, -0.05) is 101 Å². The predicted octanol–water partition coefficient (Wildman–Crippen LogP) is 6.96. The second-order valence-corrected chi connectivity index (χ2v) is 12.1. The molecular formula is C30H56O7. The van der Waals surface area contributed by atoms with Crippen molar-refractivity contribution >= 4 is 17.9 Å². The van der Waals surface area contributed by atoms with Crippen LogP contribution in [0.15, 0.2) is 0 Å². The van der Waals surface area contributed by atoms with Gasteiger partial charge in [0.15, 0.2) is 5.60 Å². The molecule has 0 aromatic rings. The summed E-state index contributed by atoms with van der Waals surface area (Å²) in [5.41, 5.74) is -5.19. The number of carboxylic acids is 3. The average Bonchev–Trinajstić information content (AvgIpc) is 2.78. The van der Waals surface area contributed by atoms with E-state index in [-0.39, 0.29) is 17.8 Å². The van der Waals surface area contributed by atoms with Gasteiger partial charge < -0.3 is 20.4 Å². The molecule has 0 aliphatic heterocycles. The fourth-order valence-corrected chi connectivity index (χ4v) is 6.91. The van der Waals surface area contributed by atoms with Crippen molar-refractivity contribution in [2.24, 2.45) is 46.8 Å². The third-order valence-corrected chi connectivity index (χ3v) is 8.72. The van der Waals surface area contributed by atoms with Crippen LogP contribution in [-0.2, 0) is 14.4 Å². The third-order valence-electron chi connectivity index (χ3n) is 8.72. The standard InChI is InChI=1S/C30H56O7/c1-10-13-16-22(19(4)5)25(26(31)32)30(37,28(35)36)29(27(33)34,23(20(6)7)17-14-11-2)24(21(8)9)18-15-12-3/h19-25,37H,10-18H2,1-9H3,(H,31,32)(H,33,34)(H,35,36). The van der Waals surface area contributed by atoms with Gasteiger partial charge in [-0.2, -0.15) is 0 Å². The van der Waals surface area contributed by atoms with E-state index in [4.69, 9.17) is 0 Å². The van der Waals surface area contributed by atoms with Crippen molar-refractivity contribution in [3.8, 4) is 0 Å². The SMILES string of the molecule is CCCCC(C(C)C)C(C(=O)O)C(O)(C(=O)O)C(C(=O)O)(C(CCCC)C(C)C)C(CCCC)C(C)C. The number of carboxylic acid groups (broad SMARTS) is 3. The third kappa shape index (κ3) is 7.48. The number of hydrogen-bond donors (Lipinski definition) is 4. The maximum absolute atomic E-state index is 13.7. The smallest absolute Gasteiger partial charge is 0.337 e. The van der Waals surface area contributed by atoms with Crippen LogP contribution in [0.4, 0.5) is 0 Å². The van der Waals surface area contributed by atoms with E-state index in [9.17, 15) is 34.8 Å². The summed E-state index contributed by atoms with van der Waals surface area (Å²) in [5.74, 6) is -9.31. The van der Waals surface area contributed by atoms with Crippen LogP contribution in [0.1, 0.15) is 120 Å². The largest absolute Gasteiger partial charge is 0.481 e. The van der Waals surface area contributed by atoms with Gasteiger partial charge in [-0.3, -0.25) is 9.59 Å². The van der Waals surface area contributed by atoms with Crippen molar-refractivity contribution < 1.29 is 34.8 Å². The Kier molecular flexibility index (Phi) is 15.0. The van der Waals surface area contributed by atoms with Gasteiger partial charge in [-0.25, -0.2) is 4.79 Å². The Hall–Kier alpha value is -1.63. The number of rotatable bonds is 20. The Morgan fingerprint density at radius 3 is 1.24 bits per heavy atom. The number of aliphatic hydroxyl groups is 1. The van der Waals surface area contributed by atoms with Crippen molar-refractivity contribution in [3.63, 3.8) is 0 Å². The van der Waals surface area contributed by atoms with Gasteiger partial charge in [0, 0.05) is 0 Å². The van der Waals surface area contributed by atoms with Gasteiger partial charge in [0.1, 0.15) is 11.3 Å². The molecule has 0 radical (unpaired) electrons. The van der Waals surface area contributed by atoms with Crippen LogP contribution in [0.2, 0.25) is 0 Å². The molecule has 37 heavy (non-hydrogen) atoms. The van der Waals surface area contributed by atoms with Gasteiger partial charge in [0.2, 0.25) is 0 Å². The first-order valence-electron chi connectivity index (χ1n) is 14.6. The van der Waals surface area contributed by atoms with Crippen molar-refractivity contribution in [2.45, 2.75) is 126 Å². The highest BCUT2D eigenvalue weighted by atomic mass is 16.4. The van der Waals surface area contributed by atoms with Crippen molar-refractivity contribution in [1.82, 2.24) is 0 Å². The van der Waals surface area contributed by atoms with Crippen LogP contribution in [0, 0.1) is 46.8 Å². The summed E-state index contributed by atoms with van der Waals surface area (Å²) in [7, 11) is 0. The van der Waals surface area contributed by atoms with E-state index >= 15 is 0 Å². The summed E-state index contributed by atoms with van der Waals surface area (Å²) >= 11 is 0. The first kappa shape index (κ1) is 35.4. The molecule has 7 heteroatoms. The van der Waals surface area contributed by atoms with E-state index in [0.717, 1.165) is 19.3 Å². The minimum atomic E-state index is -3.00. The molecule has 5 atom stereocenters. The molecule has 0 saturated carbocycles. The minimum Gasteiger partial charge on any atom is -0.481 e. The van der Waals surface area contributed by atoms with E-state index in [0.29, 0.717) is 38.5 Å². The van der Waals surface area contributed by atoms with Gasteiger partial charge >= 0.3 is 17.9 Å². The lowest BCUT2D eigenvalue weighted by atomic mass is 9.46. The molecule has 0 rings (SSSR count). The Bertz CT molecular complexity index is 695. The molecule has 7 nitrogen and oxygen atoms in total. The molecule has 0 saturated heterocycles. The van der Waals surface area contributed by atoms with Crippen LogP contribution >= 0.6 is 0 Å². The van der Waals surface area contributed by atoms with Gasteiger partial charge in [0.05, 0.1) is 0 Å². The zero-order valence-electron chi connectivity index (χ0n) is 24.9. The molecular weight excluding hydrogens is 472 g/mol. The highest BCUT2D eigenvalue weighted by Crippen LogP contribution is 2.58. The van der Waals surface area contributed by atoms with Gasteiger partial charge in [-0.05, 0) is 54.8 Å². The molecule has 0 aliphatic carbocycles. The van der Waals surface area contributed by atoms with E-state index in [1.54, 1.807) is 0 Å². The van der Waals surface area contributed by atoms with Crippen molar-refractivity contribution in [1.29, 1.82) is 0 Å². The normalized spacial score (nSPS) is 18.7. The Balaban J connectivity index is 7.98. The van der Waals surface area contributed by atoms with Crippen LogP contribution in [0.25, 0.3) is 0 Å². The van der Waals surface area contributed by atoms with Crippen LogP contribution in [0.5, 0.6) is 0 Å². The fourth-order valence-electron chi connectivity index (χ4n) is 6.91. The summed E-state index contributed by atoms with van der Waals surface area (Å²) in [6.45, 7) is 17.1. The van der Waals surface area contributed by atoms with Crippen LogP contribution < -0.4 is 0 Å². The lowest BCUT2D eigenvalue weighted by Gasteiger charge is -2.56. The Morgan fingerprint density at radius 2 is 1.00 bits per heavy atom. The van der Waals surface area contributed by atoms with E-state index < -0.39 is 52.6 Å². The lowest BCUT2D eigenvalue weighted by molar-refractivity contribution is -0.236. The number of unbranched alkanes of at least 4 members (excludes halogenated alkanes) is 3. The maximum Gasteiger partial charge on any atom is 0.337 e. The fraction of sp³-hybridized carbons (Fsp3) is 0.900. The molecule has 5 unspecified atom stereocenters. The molecule has 218 valence electrons. The minimum absolute atomic E-state index is 0.258. The molecule has 0 fully saturated rings. The Labute approximate surface area is 225 Å². The monoisotopic (exact) mass is 528 g/mol. The van der Waals surface area contributed by atoms with E-state index in [1.807, 2.05) is 62.3 Å².